The van der Waals surface area contributed by atoms with E-state index in [-0.39, 0.29) is 11.8 Å². The van der Waals surface area contributed by atoms with Crippen molar-refractivity contribution < 1.29 is 9.59 Å². The van der Waals surface area contributed by atoms with Gasteiger partial charge in [0, 0.05) is 11.4 Å². The number of anilines is 2. The van der Waals surface area contributed by atoms with Crippen molar-refractivity contribution in [3.63, 3.8) is 0 Å². The first kappa shape index (κ1) is 14.3. The molecule has 2 rings (SSSR count). The Morgan fingerprint density at radius 3 is 2.15 bits per heavy atom. The standard InChI is InChI=1S/C15H13BrN2O2/c1-10(19)17-13-8-4-2-6-11(13)15(20)18-14-9-5-3-7-12(14)16/h2-9H,1H3,(H,17,19)(H,18,20). The molecule has 0 saturated heterocycles. The first-order chi connectivity index (χ1) is 9.58. The van der Waals surface area contributed by atoms with Crippen molar-refractivity contribution in [2.24, 2.45) is 0 Å². The summed E-state index contributed by atoms with van der Waals surface area (Å²) in [5, 5.41) is 5.45. The molecule has 2 amide bonds. The van der Waals surface area contributed by atoms with Crippen LogP contribution in [-0.4, -0.2) is 11.8 Å². The maximum atomic E-state index is 12.3. The average molecular weight is 333 g/mol. The molecule has 0 aliphatic rings. The number of halogens is 1. The molecular weight excluding hydrogens is 320 g/mol. The summed E-state index contributed by atoms with van der Waals surface area (Å²) in [5.74, 6) is -0.493. The van der Waals surface area contributed by atoms with Crippen LogP contribution < -0.4 is 10.6 Å². The van der Waals surface area contributed by atoms with E-state index in [1.807, 2.05) is 18.2 Å². The van der Waals surface area contributed by atoms with Crippen molar-refractivity contribution in [2.45, 2.75) is 6.92 Å². The SMILES string of the molecule is CC(=O)Nc1ccccc1C(=O)Nc1ccccc1Br. The Morgan fingerprint density at radius 1 is 0.900 bits per heavy atom. The van der Waals surface area contributed by atoms with E-state index in [1.165, 1.54) is 6.92 Å². The second-order valence-corrected chi connectivity index (χ2v) is 5.02. The van der Waals surface area contributed by atoms with E-state index in [0.29, 0.717) is 16.9 Å². The lowest BCUT2D eigenvalue weighted by Gasteiger charge is -2.11. The molecule has 2 aromatic rings. The molecule has 0 spiro atoms. The molecule has 0 radical (unpaired) electrons. The van der Waals surface area contributed by atoms with E-state index in [9.17, 15) is 9.59 Å². The minimum absolute atomic E-state index is 0.217. The Kier molecular flexibility index (Phi) is 4.53. The molecule has 0 fully saturated rings. The maximum Gasteiger partial charge on any atom is 0.257 e. The van der Waals surface area contributed by atoms with E-state index < -0.39 is 0 Å². The van der Waals surface area contributed by atoms with Gasteiger partial charge in [0.05, 0.1) is 16.9 Å². The lowest BCUT2D eigenvalue weighted by Crippen LogP contribution is -2.16. The van der Waals surface area contributed by atoms with Gasteiger partial charge in [0.1, 0.15) is 0 Å². The van der Waals surface area contributed by atoms with Crippen LogP contribution in [0.1, 0.15) is 17.3 Å². The van der Waals surface area contributed by atoms with E-state index in [2.05, 4.69) is 26.6 Å². The fourth-order valence-corrected chi connectivity index (χ4v) is 2.12. The van der Waals surface area contributed by atoms with Crippen LogP contribution in [0.2, 0.25) is 0 Å². The van der Waals surface area contributed by atoms with Gasteiger partial charge in [0.25, 0.3) is 5.91 Å². The Bertz CT molecular complexity index is 656. The average Bonchev–Trinajstić information content (AvgIpc) is 2.41. The predicted molar refractivity (Wildman–Crippen MR) is 82.8 cm³/mol. The van der Waals surface area contributed by atoms with Crippen molar-refractivity contribution in [3.8, 4) is 0 Å². The van der Waals surface area contributed by atoms with Crippen LogP contribution >= 0.6 is 15.9 Å². The fourth-order valence-electron chi connectivity index (χ4n) is 1.73. The second kappa shape index (κ2) is 6.34. The monoisotopic (exact) mass is 332 g/mol. The van der Waals surface area contributed by atoms with Gasteiger partial charge < -0.3 is 10.6 Å². The van der Waals surface area contributed by atoms with Gasteiger partial charge in [-0.2, -0.15) is 0 Å². The molecule has 5 heteroatoms. The van der Waals surface area contributed by atoms with Crippen LogP contribution in [0.5, 0.6) is 0 Å². The number of carbonyl (C=O) groups is 2. The molecule has 0 aromatic heterocycles. The normalized spacial score (nSPS) is 9.90. The summed E-state index contributed by atoms with van der Waals surface area (Å²) in [6, 6.07) is 14.2. The van der Waals surface area contributed by atoms with E-state index >= 15 is 0 Å². The van der Waals surface area contributed by atoms with Crippen LogP contribution in [0.25, 0.3) is 0 Å². The molecule has 2 N–H and O–H groups in total. The summed E-state index contributed by atoms with van der Waals surface area (Å²) in [6.07, 6.45) is 0. The van der Waals surface area contributed by atoms with Gasteiger partial charge in [0.2, 0.25) is 5.91 Å². The van der Waals surface area contributed by atoms with Gasteiger partial charge >= 0.3 is 0 Å². The number of carbonyl (C=O) groups excluding carboxylic acids is 2. The van der Waals surface area contributed by atoms with Gasteiger partial charge in [-0.15, -0.1) is 0 Å². The Hall–Kier alpha value is -2.14. The first-order valence-corrected chi connectivity index (χ1v) is 6.79. The van der Waals surface area contributed by atoms with Crippen LogP contribution in [-0.2, 0) is 4.79 Å². The minimum Gasteiger partial charge on any atom is -0.326 e. The summed E-state index contributed by atoms with van der Waals surface area (Å²) in [5.41, 5.74) is 1.58. The number of nitrogens with one attached hydrogen (secondary N) is 2. The topological polar surface area (TPSA) is 58.2 Å². The van der Waals surface area contributed by atoms with Gasteiger partial charge in [-0.3, -0.25) is 9.59 Å². The van der Waals surface area contributed by atoms with Crippen molar-refractivity contribution in [1.29, 1.82) is 0 Å². The van der Waals surface area contributed by atoms with E-state index in [1.54, 1.807) is 30.3 Å². The lowest BCUT2D eigenvalue weighted by molar-refractivity contribution is -0.114. The summed E-state index contributed by atoms with van der Waals surface area (Å²) >= 11 is 3.37. The molecule has 20 heavy (non-hydrogen) atoms. The maximum absolute atomic E-state index is 12.3. The molecule has 0 aliphatic carbocycles. The molecule has 0 aliphatic heterocycles. The highest BCUT2D eigenvalue weighted by atomic mass is 79.9. The Balaban J connectivity index is 2.26. The number of hydrogen-bond acceptors (Lipinski definition) is 2. The smallest absolute Gasteiger partial charge is 0.257 e. The summed E-state index contributed by atoms with van der Waals surface area (Å²) in [7, 11) is 0. The third-order valence-corrected chi connectivity index (χ3v) is 3.30. The quantitative estimate of drug-likeness (QED) is 0.901. The third-order valence-electron chi connectivity index (χ3n) is 2.60. The number of benzene rings is 2. The number of hydrogen-bond donors (Lipinski definition) is 2. The molecular formula is C15H13BrN2O2. The zero-order valence-corrected chi connectivity index (χ0v) is 12.4. The van der Waals surface area contributed by atoms with Gasteiger partial charge in [-0.25, -0.2) is 0 Å². The van der Waals surface area contributed by atoms with Gasteiger partial charge in [0.15, 0.2) is 0 Å². The van der Waals surface area contributed by atoms with Gasteiger partial charge in [-0.1, -0.05) is 24.3 Å². The van der Waals surface area contributed by atoms with Crippen LogP contribution in [0.3, 0.4) is 0 Å². The highest BCUT2D eigenvalue weighted by molar-refractivity contribution is 9.10. The largest absolute Gasteiger partial charge is 0.326 e. The minimum atomic E-state index is -0.277. The summed E-state index contributed by atoms with van der Waals surface area (Å²) in [4.78, 5) is 23.4. The molecule has 0 saturated carbocycles. The summed E-state index contributed by atoms with van der Waals surface area (Å²) < 4.78 is 0.797. The molecule has 2 aromatic carbocycles. The van der Waals surface area contributed by atoms with Crippen molar-refractivity contribution in [2.75, 3.05) is 10.6 Å². The van der Waals surface area contributed by atoms with Crippen LogP contribution in [0, 0.1) is 0 Å². The molecule has 0 heterocycles. The number of para-hydroxylation sites is 2. The van der Waals surface area contributed by atoms with Crippen LogP contribution in [0.15, 0.2) is 53.0 Å². The Labute approximate surface area is 125 Å². The van der Waals surface area contributed by atoms with Crippen molar-refractivity contribution >= 4 is 39.1 Å². The third kappa shape index (κ3) is 3.45. The second-order valence-electron chi connectivity index (χ2n) is 4.16. The van der Waals surface area contributed by atoms with Crippen LogP contribution in [0.4, 0.5) is 11.4 Å². The molecule has 4 nitrogen and oxygen atoms in total. The molecule has 102 valence electrons. The highest BCUT2D eigenvalue weighted by Gasteiger charge is 2.12. The molecule has 0 atom stereocenters. The fraction of sp³-hybridized carbons (Fsp3) is 0.0667. The first-order valence-electron chi connectivity index (χ1n) is 6.00. The van der Waals surface area contributed by atoms with Gasteiger partial charge in [-0.05, 0) is 40.2 Å². The van der Waals surface area contributed by atoms with E-state index in [0.717, 1.165) is 4.47 Å². The lowest BCUT2D eigenvalue weighted by atomic mass is 10.1. The predicted octanol–water partition coefficient (Wildman–Crippen LogP) is 3.66. The highest BCUT2D eigenvalue weighted by Crippen LogP contribution is 2.23. The summed E-state index contributed by atoms with van der Waals surface area (Å²) in [6.45, 7) is 1.41. The molecule has 0 bridgehead atoms. The zero-order chi connectivity index (χ0) is 14.5. The van der Waals surface area contributed by atoms with Crippen molar-refractivity contribution in [3.05, 3.63) is 58.6 Å². The number of rotatable bonds is 3. The van der Waals surface area contributed by atoms with Crippen molar-refractivity contribution in [1.82, 2.24) is 0 Å². The Morgan fingerprint density at radius 2 is 1.50 bits per heavy atom. The van der Waals surface area contributed by atoms with E-state index in [4.69, 9.17) is 0 Å². The molecule has 0 unspecified atom stereocenters. The zero-order valence-electron chi connectivity index (χ0n) is 10.8. The number of amides is 2.